The Balaban J connectivity index is 0.00000274. The average Bonchev–Trinajstić information content (AvgIpc) is 3.51. The molecule has 0 unspecified atom stereocenters. The summed E-state index contributed by atoms with van der Waals surface area (Å²) in [4.78, 5) is 25.4. The smallest absolute Gasteiger partial charge is 0.251 e. The van der Waals surface area contributed by atoms with Crippen molar-refractivity contribution in [1.29, 1.82) is 0 Å². The SMILES string of the molecule is CNC(=O)c1cccc(-c2cc(CC(=O)C3(c4ccc5c(c4)OCO5)CC3)c(F)cc2C)c1.[HH]. The predicted molar refractivity (Wildman–Crippen MR) is 124 cm³/mol. The van der Waals surface area contributed by atoms with E-state index < -0.39 is 11.2 Å². The van der Waals surface area contributed by atoms with E-state index in [2.05, 4.69) is 5.32 Å². The van der Waals surface area contributed by atoms with Gasteiger partial charge in [0.2, 0.25) is 6.79 Å². The van der Waals surface area contributed by atoms with Gasteiger partial charge in [0.15, 0.2) is 11.5 Å². The fraction of sp³-hybridized carbons (Fsp3) is 0.259. The quantitative estimate of drug-likeness (QED) is 0.579. The van der Waals surface area contributed by atoms with Gasteiger partial charge in [-0.15, -0.1) is 0 Å². The molecule has 6 heteroatoms. The Bertz CT molecular complexity index is 1290. The normalized spacial score (nSPS) is 15.2. The molecule has 1 fully saturated rings. The van der Waals surface area contributed by atoms with Crippen LogP contribution in [0.2, 0.25) is 0 Å². The van der Waals surface area contributed by atoms with Gasteiger partial charge in [0, 0.05) is 20.5 Å². The van der Waals surface area contributed by atoms with Crippen molar-refractivity contribution in [2.45, 2.75) is 31.6 Å². The van der Waals surface area contributed by atoms with E-state index in [-0.39, 0.29) is 26.3 Å². The van der Waals surface area contributed by atoms with Crippen molar-refractivity contribution >= 4 is 11.7 Å². The van der Waals surface area contributed by atoms with E-state index in [0.29, 0.717) is 22.6 Å². The molecule has 1 heterocycles. The summed E-state index contributed by atoms with van der Waals surface area (Å²) in [6, 6.07) is 16.0. The van der Waals surface area contributed by atoms with E-state index in [1.165, 1.54) is 6.07 Å². The molecule has 0 saturated heterocycles. The highest BCUT2D eigenvalue weighted by Crippen LogP contribution is 2.51. The maximum atomic E-state index is 14.9. The summed E-state index contributed by atoms with van der Waals surface area (Å²) in [7, 11) is 1.58. The van der Waals surface area contributed by atoms with Gasteiger partial charge in [-0.2, -0.15) is 0 Å². The molecule has 5 nitrogen and oxygen atoms in total. The van der Waals surface area contributed by atoms with Crippen molar-refractivity contribution in [3.8, 4) is 22.6 Å². The number of benzene rings is 3. The molecule has 1 N–H and O–H groups in total. The van der Waals surface area contributed by atoms with Crippen LogP contribution in [0.5, 0.6) is 11.5 Å². The lowest BCUT2D eigenvalue weighted by atomic mass is 9.86. The molecule has 1 amide bonds. The molecule has 170 valence electrons. The number of fused-ring (bicyclic) bond motifs is 1. The van der Waals surface area contributed by atoms with E-state index in [4.69, 9.17) is 9.47 Å². The molecule has 3 aromatic rings. The number of carbonyl (C=O) groups excluding carboxylic acids is 2. The Hall–Kier alpha value is -3.67. The highest BCUT2D eigenvalue weighted by molar-refractivity contribution is 5.96. The second-order valence-corrected chi connectivity index (χ2v) is 8.67. The average molecular weight is 448 g/mol. The third-order valence-electron chi connectivity index (χ3n) is 6.62. The van der Waals surface area contributed by atoms with E-state index >= 15 is 0 Å². The Kier molecular flexibility index (Phi) is 5.16. The van der Waals surface area contributed by atoms with Crippen molar-refractivity contribution in [2.75, 3.05) is 13.8 Å². The van der Waals surface area contributed by atoms with E-state index in [0.717, 1.165) is 35.1 Å². The van der Waals surface area contributed by atoms with Gasteiger partial charge in [-0.05, 0) is 84.0 Å². The van der Waals surface area contributed by atoms with Gasteiger partial charge in [-0.1, -0.05) is 18.2 Å². The summed E-state index contributed by atoms with van der Waals surface area (Å²) in [5, 5.41) is 2.62. The van der Waals surface area contributed by atoms with Crippen molar-refractivity contribution in [3.63, 3.8) is 0 Å². The summed E-state index contributed by atoms with van der Waals surface area (Å²) in [5.74, 6) is 0.732. The van der Waals surface area contributed by atoms with Crippen LogP contribution in [0.15, 0.2) is 54.6 Å². The highest BCUT2D eigenvalue weighted by Gasteiger charge is 2.51. The van der Waals surface area contributed by atoms with Gasteiger partial charge in [0.05, 0.1) is 5.41 Å². The van der Waals surface area contributed by atoms with Crippen molar-refractivity contribution in [2.24, 2.45) is 0 Å². The summed E-state index contributed by atoms with van der Waals surface area (Å²) >= 11 is 0. The molecule has 1 aliphatic heterocycles. The monoisotopic (exact) mass is 447 g/mol. The third-order valence-corrected chi connectivity index (χ3v) is 6.62. The van der Waals surface area contributed by atoms with Gasteiger partial charge in [-0.25, -0.2) is 4.39 Å². The van der Waals surface area contributed by atoms with Gasteiger partial charge in [-0.3, -0.25) is 9.59 Å². The van der Waals surface area contributed by atoms with Crippen LogP contribution >= 0.6 is 0 Å². The van der Waals surface area contributed by atoms with Crippen LogP contribution in [0.1, 0.15) is 41.3 Å². The Morgan fingerprint density at radius 1 is 1.06 bits per heavy atom. The Labute approximate surface area is 193 Å². The number of halogens is 1. The maximum Gasteiger partial charge on any atom is 0.251 e. The first-order valence-corrected chi connectivity index (χ1v) is 11.0. The van der Waals surface area contributed by atoms with Crippen LogP contribution in [0.3, 0.4) is 0 Å². The number of ether oxygens (including phenoxy) is 2. The number of hydrogen-bond donors (Lipinski definition) is 1. The van der Waals surface area contributed by atoms with Crippen LogP contribution in [0, 0.1) is 12.7 Å². The molecule has 0 aromatic heterocycles. The fourth-order valence-electron chi connectivity index (χ4n) is 4.53. The lowest BCUT2D eigenvalue weighted by molar-refractivity contribution is -0.120. The summed E-state index contributed by atoms with van der Waals surface area (Å²) in [5.41, 5.74) is 3.53. The first-order chi connectivity index (χ1) is 15.9. The largest absolute Gasteiger partial charge is 0.454 e. The van der Waals surface area contributed by atoms with Crippen molar-refractivity contribution in [1.82, 2.24) is 5.32 Å². The van der Waals surface area contributed by atoms with E-state index in [1.54, 1.807) is 31.3 Å². The number of hydrogen-bond acceptors (Lipinski definition) is 4. The Morgan fingerprint density at radius 3 is 2.61 bits per heavy atom. The molecule has 1 saturated carbocycles. The number of carbonyl (C=O) groups is 2. The minimum Gasteiger partial charge on any atom is -0.454 e. The van der Waals surface area contributed by atoms with Gasteiger partial charge >= 0.3 is 0 Å². The van der Waals surface area contributed by atoms with Crippen molar-refractivity contribution < 1.29 is 24.9 Å². The molecule has 33 heavy (non-hydrogen) atoms. The first kappa shape index (κ1) is 21.2. The van der Waals surface area contributed by atoms with E-state index in [1.807, 2.05) is 31.2 Å². The van der Waals surface area contributed by atoms with Gasteiger partial charge < -0.3 is 14.8 Å². The zero-order chi connectivity index (χ0) is 23.2. The molecule has 0 bridgehead atoms. The Morgan fingerprint density at radius 2 is 1.85 bits per heavy atom. The number of rotatable bonds is 6. The molecule has 0 radical (unpaired) electrons. The second kappa shape index (κ2) is 8.03. The molecule has 0 spiro atoms. The number of nitrogens with one attached hydrogen (secondary N) is 1. The van der Waals surface area contributed by atoms with Crippen LogP contribution < -0.4 is 14.8 Å². The maximum absolute atomic E-state index is 14.9. The lowest BCUT2D eigenvalue weighted by Crippen LogP contribution is -2.23. The standard InChI is InChI=1S/C27H24FNO4.H2/c1-16-10-22(28)19(12-21(16)17-4-3-5-18(11-17)26(31)29-2)13-25(30)27(8-9-27)20-6-7-23-24(14-20)33-15-32-23;/h3-7,10-12,14H,8-9,13,15H2,1-2H3,(H,29,31);1H. The minimum atomic E-state index is -0.600. The second-order valence-electron chi connectivity index (χ2n) is 8.67. The number of ketones is 1. The van der Waals surface area contributed by atoms with Crippen molar-refractivity contribution in [3.05, 3.63) is 82.7 Å². The van der Waals surface area contributed by atoms with Crippen LogP contribution in [0.4, 0.5) is 4.39 Å². The van der Waals surface area contributed by atoms with Gasteiger partial charge in [0.1, 0.15) is 11.6 Å². The number of Topliss-reactive ketones (excluding diaryl/α,β-unsaturated/α-hetero) is 1. The molecule has 1 aliphatic carbocycles. The van der Waals surface area contributed by atoms with E-state index in [9.17, 15) is 14.0 Å². The van der Waals surface area contributed by atoms with Crippen LogP contribution in [-0.4, -0.2) is 25.5 Å². The zero-order valence-corrected chi connectivity index (χ0v) is 18.5. The highest BCUT2D eigenvalue weighted by atomic mass is 19.1. The predicted octanol–water partition coefficient (Wildman–Crippen LogP) is 4.98. The molecule has 3 aromatic carbocycles. The molecular formula is C27H26FNO4. The number of amides is 1. The third kappa shape index (κ3) is 3.75. The first-order valence-electron chi connectivity index (χ1n) is 11.0. The molecule has 0 atom stereocenters. The lowest BCUT2D eigenvalue weighted by Gasteiger charge is -2.17. The summed E-state index contributed by atoms with van der Waals surface area (Å²) < 4.78 is 25.7. The zero-order valence-electron chi connectivity index (χ0n) is 18.5. The summed E-state index contributed by atoms with van der Waals surface area (Å²) in [6.07, 6.45) is 1.47. The number of aryl methyl sites for hydroxylation is 1. The summed E-state index contributed by atoms with van der Waals surface area (Å²) in [6.45, 7) is 2.00. The van der Waals surface area contributed by atoms with Crippen LogP contribution in [-0.2, 0) is 16.6 Å². The van der Waals surface area contributed by atoms with Crippen LogP contribution in [0.25, 0.3) is 11.1 Å². The minimum absolute atomic E-state index is 0. The van der Waals surface area contributed by atoms with Gasteiger partial charge in [0.25, 0.3) is 5.91 Å². The molecule has 5 rings (SSSR count). The fourth-order valence-corrected chi connectivity index (χ4v) is 4.53. The topological polar surface area (TPSA) is 64.6 Å². The molecule has 2 aliphatic rings. The molecular weight excluding hydrogens is 421 g/mol.